The van der Waals surface area contributed by atoms with Gasteiger partial charge in [0.05, 0.1) is 30.8 Å². The summed E-state index contributed by atoms with van der Waals surface area (Å²) in [7, 11) is -2.62. The predicted molar refractivity (Wildman–Crippen MR) is 62.5 cm³/mol. The molecule has 0 amide bonds. The van der Waals surface area contributed by atoms with E-state index in [4.69, 9.17) is 9.88 Å². The minimum Gasteiger partial charge on any atom is -0.465 e. The Kier molecular flexibility index (Phi) is 3.38. The lowest BCUT2D eigenvalue weighted by molar-refractivity contribution is 0.0594. The van der Waals surface area contributed by atoms with E-state index in [1.165, 1.54) is 19.2 Å². The fourth-order valence-corrected chi connectivity index (χ4v) is 2.53. The van der Waals surface area contributed by atoms with E-state index >= 15 is 0 Å². The molecule has 0 bridgehead atoms. The Bertz CT molecular complexity index is 594. The van der Waals surface area contributed by atoms with E-state index in [0.29, 0.717) is 18.6 Å². The second-order valence-electron chi connectivity index (χ2n) is 3.95. The molecule has 18 heavy (non-hydrogen) atoms. The molecule has 0 radical (unpaired) electrons. The minimum absolute atomic E-state index is 0.104. The number of rotatable bonds is 2. The van der Waals surface area contributed by atoms with Crippen LogP contribution in [0.3, 0.4) is 0 Å². The number of sulfonamides is 1. The van der Waals surface area contributed by atoms with Crippen molar-refractivity contribution in [2.45, 2.75) is 17.9 Å². The van der Waals surface area contributed by atoms with E-state index in [-0.39, 0.29) is 17.1 Å². The van der Waals surface area contributed by atoms with E-state index in [2.05, 4.69) is 4.74 Å². The molecule has 0 aromatic heterocycles. The average Bonchev–Trinajstić information content (AvgIpc) is 2.35. The maximum atomic E-state index is 11.7. The first-order valence-electron chi connectivity index (χ1n) is 5.28. The zero-order valence-corrected chi connectivity index (χ0v) is 10.6. The van der Waals surface area contributed by atoms with E-state index in [1.54, 1.807) is 0 Å². The number of methoxy groups -OCH3 is 1. The number of fused-ring (bicyclic) bond motifs is 1. The van der Waals surface area contributed by atoms with Crippen molar-refractivity contribution in [2.24, 2.45) is 5.14 Å². The highest BCUT2D eigenvalue weighted by molar-refractivity contribution is 7.89. The van der Waals surface area contributed by atoms with Gasteiger partial charge >= 0.3 is 5.97 Å². The molecule has 0 atom stereocenters. The van der Waals surface area contributed by atoms with Crippen molar-refractivity contribution < 1.29 is 22.7 Å². The van der Waals surface area contributed by atoms with Gasteiger partial charge in [-0.1, -0.05) is 0 Å². The molecule has 2 rings (SSSR count). The van der Waals surface area contributed by atoms with Crippen LogP contribution in [-0.2, 0) is 32.5 Å². The van der Waals surface area contributed by atoms with Gasteiger partial charge in [0.2, 0.25) is 10.0 Å². The third kappa shape index (κ3) is 2.38. The molecule has 1 aliphatic heterocycles. The Hall–Kier alpha value is -1.44. The lowest BCUT2D eigenvalue weighted by Crippen LogP contribution is -2.19. The SMILES string of the molecule is COC(=O)c1cc(S(N)(=O)=O)cc2c1CCOC2. The molecular formula is C11H13NO5S. The molecule has 1 aromatic carbocycles. The molecule has 2 N–H and O–H groups in total. The maximum Gasteiger partial charge on any atom is 0.338 e. The summed E-state index contributed by atoms with van der Waals surface area (Å²) < 4.78 is 32.6. The lowest BCUT2D eigenvalue weighted by Gasteiger charge is -2.19. The van der Waals surface area contributed by atoms with Gasteiger partial charge in [0, 0.05) is 0 Å². The summed E-state index contributed by atoms with van der Waals surface area (Å²) in [5.41, 5.74) is 1.66. The van der Waals surface area contributed by atoms with Gasteiger partial charge in [0.15, 0.2) is 0 Å². The third-order valence-electron chi connectivity index (χ3n) is 2.80. The smallest absolute Gasteiger partial charge is 0.338 e. The number of hydrogen-bond donors (Lipinski definition) is 1. The van der Waals surface area contributed by atoms with E-state index < -0.39 is 16.0 Å². The molecule has 0 unspecified atom stereocenters. The largest absolute Gasteiger partial charge is 0.465 e. The Labute approximate surface area is 105 Å². The summed E-state index contributed by atoms with van der Waals surface area (Å²) in [6.45, 7) is 0.758. The maximum absolute atomic E-state index is 11.7. The molecule has 0 aliphatic carbocycles. The number of nitrogens with two attached hydrogens (primary N) is 1. The summed E-state index contributed by atoms with van der Waals surface area (Å²) in [5, 5.41) is 5.08. The van der Waals surface area contributed by atoms with Crippen molar-refractivity contribution in [3.63, 3.8) is 0 Å². The molecule has 0 fully saturated rings. The van der Waals surface area contributed by atoms with Gasteiger partial charge < -0.3 is 9.47 Å². The first kappa shape index (κ1) is 13.0. The van der Waals surface area contributed by atoms with Gasteiger partial charge in [0.1, 0.15) is 0 Å². The van der Waals surface area contributed by atoms with Gasteiger partial charge in [-0.15, -0.1) is 0 Å². The Balaban J connectivity index is 2.66. The highest BCUT2D eigenvalue weighted by Crippen LogP contribution is 2.25. The zero-order chi connectivity index (χ0) is 13.3. The van der Waals surface area contributed by atoms with Crippen LogP contribution in [0.4, 0.5) is 0 Å². The Morgan fingerprint density at radius 2 is 2.17 bits per heavy atom. The Morgan fingerprint density at radius 3 is 2.78 bits per heavy atom. The van der Waals surface area contributed by atoms with Crippen LogP contribution in [0.5, 0.6) is 0 Å². The molecule has 1 heterocycles. The summed E-state index contributed by atoms with van der Waals surface area (Å²) in [4.78, 5) is 11.6. The van der Waals surface area contributed by atoms with Crippen LogP contribution in [-0.4, -0.2) is 28.1 Å². The molecule has 0 saturated carbocycles. The third-order valence-corrected chi connectivity index (χ3v) is 3.70. The number of esters is 1. The number of carbonyl (C=O) groups excluding carboxylic acids is 1. The summed E-state index contributed by atoms with van der Waals surface area (Å²) >= 11 is 0. The topological polar surface area (TPSA) is 95.7 Å². The fourth-order valence-electron chi connectivity index (χ4n) is 1.94. The molecule has 1 aliphatic rings. The monoisotopic (exact) mass is 271 g/mol. The predicted octanol–water partition coefficient (Wildman–Crippen LogP) is 0.193. The van der Waals surface area contributed by atoms with Crippen LogP contribution >= 0.6 is 0 Å². The van der Waals surface area contributed by atoms with Crippen molar-refractivity contribution in [1.29, 1.82) is 0 Å². The normalized spacial score (nSPS) is 15.0. The van der Waals surface area contributed by atoms with Crippen LogP contribution in [0.25, 0.3) is 0 Å². The van der Waals surface area contributed by atoms with Gasteiger partial charge in [-0.3, -0.25) is 0 Å². The Morgan fingerprint density at radius 1 is 1.44 bits per heavy atom. The van der Waals surface area contributed by atoms with Crippen LogP contribution in [0.2, 0.25) is 0 Å². The van der Waals surface area contributed by atoms with Crippen LogP contribution < -0.4 is 5.14 Å². The summed E-state index contributed by atoms with van der Waals surface area (Å²) in [6, 6.07) is 2.70. The van der Waals surface area contributed by atoms with Crippen molar-refractivity contribution in [3.8, 4) is 0 Å². The highest BCUT2D eigenvalue weighted by Gasteiger charge is 2.22. The molecule has 6 nitrogen and oxygen atoms in total. The van der Waals surface area contributed by atoms with Gasteiger partial charge in [-0.2, -0.15) is 0 Å². The van der Waals surface area contributed by atoms with E-state index in [0.717, 1.165) is 5.56 Å². The van der Waals surface area contributed by atoms with Gasteiger partial charge in [0.25, 0.3) is 0 Å². The molecule has 0 saturated heterocycles. The van der Waals surface area contributed by atoms with Crippen LogP contribution in [0, 0.1) is 0 Å². The van der Waals surface area contributed by atoms with Gasteiger partial charge in [-0.05, 0) is 29.7 Å². The van der Waals surface area contributed by atoms with Crippen LogP contribution in [0.15, 0.2) is 17.0 Å². The number of benzene rings is 1. The minimum atomic E-state index is -3.86. The lowest BCUT2D eigenvalue weighted by atomic mass is 9.97. The number of hydrogen-bond acceptors (Lipinski definition) is 5. The summed E-state index contributed by atoms with van der Waals surface area (Å²) in [5.74, 6) is -0.571. The molecule has 7 heteroatoms. The van der Waals surface area contributed by atoms with Gasteiger partial charge in [-0.25, -0.2) is 18.4 Å². The second kappa shape index (κ2) is 4.68. The number of ether oxygens (including phenoxy) is 2. The van der Waals surface area contributed by atoms with Crippen molar-refractivity contribution in [2.75, 3.05) is 13.7 Å². The van der Waals surface area contributed by atoms with E-state index in [1.807, 2.05) is 0 Å². The quantitative estimate of drug-likeness (QED) is 0.775. The fraction of sp³-hybridized carbons (Fsp3) is 0.364. The number of carbonyl (C=O) groups is 1. The molecule has 0 spiro atoms. The molecular weight excluding hydrogens is 258 g/mol. The first-order chi connectivity index (χ1) is 8.43. The standard InChI is InChI=1S/C11H13NO5S/c1-16-11(13)10-5-8(18(12,14)15)4-7-6-17-3-2-9(7)10/h4-5H,2-3,6H2,1H3,(H2,12,14,15). The zero-order valence-electron chi connectivity index (χ0n) is 9.80. The second-order valence-corrected chi connectivity index (χ2v) is 5.51. The number of primary sulfonamides is 1. The molecule has 1 aromatic rings. The highest BCUT2D eigenvalue weighted by atomic mass is 32.2. The van der Waals surface area contributed by atoms with Crippen molar-refractivity contribution in [3.05, 3.63) is 28.8 Å². The van der Waals surface area contributed by atoms with E-state index in [9.17, 15) is 13.2 Å². The summed E-state index contributed by atoms with van der Waals surface area (Å²) in [6.07, 6.45) is 0.546. The molecule has 98 valence electrons. The first-order valence-corrected chi connectivity index (χ1v) is 6.83. The van der Waals surface area contributed by atoms with Crippen LogP contribution in [0.1, 0.15) is 21.5 Å². The van der Waals surface area contributed by atoms with Crippen molar-refractivity contribution in [1.82, 2.24) is 0 Å². The average molecular weight is 271 g/mol. The van der Waals surface area contributed by atoms with Crippen molar-refractivity contribution >= 4 is 16.0 Å².